The molecular formula is C19H16N4O2. The number of carbonyl (C=O) groups is 1. The third-order valence-corrected chi connectivity index (χ3v) is 3.69. The van der Waals surface area contributed by atoms with Gasteiger partial charge in [-0.2, -0.15) is 0 Å². The minimum atomic E-state index is -0.439. The van der Waals surface area contributed by atoms with E-state index in [-0.39, 0.29) is 6.42 Å². The van der Waals surface area contributed by atoms with E-state index in [1.165, 1.54) is 13.4 Å². The van der Waals surface area contributed by atoms with Gasteiger partial charge in [-0.3, -0.25) is 4.79 Å². The molecule has 3 N–H and O–H groups in total. The predicted molar refractivity (Wildman–Crippen MR) is 96.6 cm³/mol. The van der Waals surface area contributed by atoms with Crippen LogP contribution in [0.2, 0.25) is 0 Å². The number of amides is 1. The van der Waals surface area contributed by atoms with E-state index in [2.05, 4.69) is 21.2 Å². The highest BCUT2D eigenvalue weighted by Crippen LogP contribution is 2.30. The zero-order chi connectivity index (χ0) is 17.8. The summed E-state index contributed by atoms with van der Waals surface area (Å²) >= 11 is 0. The largest absolute Gasteiger partial charge is 0.496 e. The molecule has 0 aliphatic rings. The van der Waals surface area contributed by atoms with E-state index < -0.39 is 5.91 Å². The summed E-state index contributed by atoms with van der Waals surface area (Å²) in [5, 5.41) is 3.99. The summed E-state index contributed by atoms with van der Waals surface area (Å²) in [4.78, 5) is 19.9. The maximum Gasteiger partial charge on any atom is 0.221 e. The summed E-state index contributed by atoms with van der Waals surface area (Å²) in [5.74, 6) is 3.32. The van der Waals surface area contributed by atoms with Crippen molar-refractivity contribution in [3.63, 3.8) is 0 Å². The van der Waals surface area contributed by atoms with Crippen molar-refractivity contribution in [3.05, 3.63) is 53.9 Å². The summed E-state index contributed by atoms with van der Waals surface area (Å²) in [5.41, 5.74) is 8.27. The maximum atomic E-state index is 11.3. The third kappa shape index (κ3) is 3.51. The lowest BCUT2D eigenvalue weighted by Crippen LogP contribution is -2.14. The molecule has 0 saturated carbocycles. The molecule has 3 aromatic rings. The number of anilines is 2. The zero-order valence-corrected chi connectivity index (χ0v) is 13.6. The Morgan fingerprint density at radius 2 is 2.16 bits per heavy atom. The van der Waals surface area contributed by atoms with E-state index >= 15 is 0 Å². The van der Waals surface area contributed by atoms with Crippen molar-refractivity contribution >= 4 is 28.3 Å². The van der Waals surface area contributed by atoms with E-state index in [0.717, 1.165) is 16.6 Å². The van der Waals surface area contributed by atoms with Crippen LogP contribution in [0, 0.1) is 12.3 Å². The van der Waals surface area contributed by atoms with Crippen molar-refractivity contribution in [2.75, 3.05) is 12.4 Å². The number of carbonyl (C=O) groups excluding carboxylic acids is 1. The van der Waals surface area contributed by atoms with Crippen LogP contribution in [-0.2, 0) is 11.2 Å². The minimum Gasteiger partial charge on any atom is -0.496 e. The number of hydrogen-bond acceptors (Lipinski definition) is 5. The van der Waals surface area contributed by atoms with E-state index in [1.807, 2.05) is 30.3 Å². The van der Waals surface area contributed by atoms with Gasteiger partial charge >= 0.3 is 0 Å². The van der Waals surface area contributed by atoms with Crippen LogP contribution in [0.5, 0.6) is 5.75 Å². The molecule has 124 valence electrons. The molecule has 6 heteroatoms. The fraction of sp³-hybridized carbons (Fsp3) is 0.105. The summed E-state index contributed by atoms with van der Waals surface area (Å²) in [6, 6.07) is 11.0. The molecule has 0 fully saturated rings. The third-order valence-electron chi connectivity index (χ3n) is 3.69. The van der Waals surface area contributed by atoms with Gasteiger partial charge in [-0.15, -0.1) is 6.42 Å². The Labute approximate surface area is 145 Å². The molecular weight excluding hydrogens is 316 g/mol. The maximum absolute atomic E-state index is 11.3. The first-order chi connectivity index (χ1) is 12.1. The Bertz CT molecular complexity index is 992. The quantitative estimate of drug-likeness (QED) is 0.700. The monoisotopic (exact) mass is 332 g/mol. The first-order valence-corrected chi connectivity index (χ1v) is 7.54. The normalized spacial score (nSPS) is 10.2. The number of nitrogens with one attached hydrogen (secondary N) is 1. The highest BCUT2D eigenvalue weighted by atomic mass is 16.5. The van der Waals surface area contributed by atoms with Gasteiger partial charge in [-0.05, 0) is 24.3 Å². The standard InChI is InChI=1S/C19H16N4O2/c1-3-12-5-4-6-14(7-12)23-19-15-8-13(9-18(20)24)17(25-2)10-16(15)21-11-22-19/h1,4-8,10-11H,9H2,2H3,(H2,20,24)(H,21,22,23). The van der Waals surface area contributed by atoms with Crippen molar-refractivity contribution in [1.29, 1.82) is 0 Å². The summed E-state index contributed by atoms with van der Waals surface area (Å²) < 4.78 is 5.33. The molecule has 0 radical (unpaired) electrons. The smallest absolute Gasteiger partial charge is 0.221 e. The molecule has 2 aromatic carbocycles. The molecule has 0 aliphatic heterocycles. The predicted octanol–water partition coefficient (Wildman–Crippen LogP) is 2.39. The number of nitrogens with zero attached hydrogens (tertiary/aromatic N) is 2. The molecule has 0 bridgehead atoms. The van der Waals surface area contributed by atoms with Gasteiger partial charge in [0.25, 0.3) is 0 Å². The highest BCUT2D eigenvalue weighted by molar-refractivity contribution is 5.93. The molecule has 0 unspecified atom stereocenters. The minimum absolute atomic E-state index is 0.0695. The highest BCUT2D eigenvalue weighted by Gasteiger charge is 2.12. The van der Waals surface area contributed by atoms with E-state index in [4.69, 9.17) is 16.9 Å². The van der Waals surface area contributed by atoms with Crippen LogP contribution in [-0.4, -0.2) is 23.0 Å². The summed E-state index contributed by atoms with van der Waals surface area (Å²) in [6.07, 6.45) is 6.97. The lowest BCUT2D eigenvalue weighted by molar-refractivity contribution is -0.117. The van der Waals surface area contributed by atoms with Gasteiger partial charge in [-0.25, -0.2) is 9.97 Å². The Morgan fingerprint density at radius 3 is 2.88 bits per heavy atom. The Hall–Kier alpha value is -3.59. The van der Waals surface area contributed by atoms with Crippen molar-refractivity contribution in [3.8, 4) is 18.1 Å². The molecule has 0 aliphatic carbocycles. The van der Waals surface area contributed by atoms with Gasteiger partial charge in [0.1, 0.15) is 17.9 Å². The van der Waals surface area contributed by atoms with Gasteiger partial charge < -0.3 is 15.8 Å². The molecule has 1 heterocycles. The van der Waals surface area contributed by atoms with E-state index in [9.17, 15) is 4.79 Å². The average molecular weight is 332 g/mol. The molecule has 6 nitrogen and oxygen atoms in total. The molecule has 1 aromatic heterocycles. The van der Waals surface area contributed by atoms with Gasteiger partial charge in [0.2, 0.25) is 5.91 Å². The molecule has 0 saturated heterocycles. The Morgan fingerprint density at radius 1 is 1.32 bits per heavy atom. The van der Waals surface area contributed by atoms with Crippen molar-refractivity contribution in [1.82, 2.24) is 9.97 Å². The molecule has 25 heavy (non-hydrogen) atoms. The zero-order valence-electron chi connectivity index (χ0n) is 13.6. The first kappa shape index (κ1) is 16.3. The van der Waals surface area contributed by atoms with Crippen LogP contribution >= 0.6 is 0 Å². The summed E-state index contributed by atoms with van der Waals surface area (Å²) in [6.45, 7) is 0. The number of primary amides is 1. The van der Waals surface area contributed by atoms with Crippen LogP contribution in [0.25, 0.3) is 10.9 Å². The molecule has 0 atom stereocenters. The van der Waals surface area contributed by atoms with E-state index in [0.29, 0.717) is 22.6 Å². The molecule has 1 amide bonds. The topological polar surface area (TPSA) is 90.1 Å². The second-order valence-corrected chi connectivity index (χ2v) is 5.40. The van der Waals surface area contributed by atoms with Crippen molar-refractivity contribution < 1.29 is 9.53 Å². The van der Waals surface area contributed by atoms with Gasteiger partial charge in [0, 0.05) is 28.3 Å². The van der Waals surface area contributed by atoms with Gasteiger partial charge in [0.15, 0.2) is 0 Å². The number of fused-ring (bicyclic) bond motifs is 1. The van der Waals surface area contributed by atoms with Gasteiger partial charge in [0.05, 0.1) is 19.0 Å². The fourth-order valence-corrected chi connectivity index (χ4v) is 2.57. The fourth-order valence-electron chi connectivity index (χ4n) is 2.57. The number of hydrogen-bond donors (Lipinski definition) is 2. The van der Waals surface area contributed by atoms with Crippen LogP contribution in [0.4, 0.5) is 11.5 Å². The molecule has 3 rings (SSSR count). The number of methoxy groups -OCH3 is 1. The van der Waals surface area contributed by atoms with Crippen LogP contribution < -0.4 is 15.8 Å². The SMILES string of the molecule is C#Cc1cccc(Nc2ncnc3cc(OC)c(CC(N)=O)cc23)c1. The number of rotatable bonds is 5. The first-order valence-electron chi connectivity index (χ1n) is 7.54. The van der Waals surface area contributed by atoms with Crippen LogP contribution in [0.3, 0.4) is 0 Å². The van der Waals surface area contributed by atoms with Crippen molar-refractivity contribution in [2.45, 2.75) is 6.42 Å². The summed E-state index contributed by atoms with van der Waals surface area (Å²) in [7, 11) is 1.54. The average Bonchev–Trinajstić information content (AvgIpc) is 2.61. The number of terminal acetylenes is 1. The Balaban J connectivity index is 2.08. The second-order valence-electron chi connectivity index (χ2n) is 5.40. The van der Waals surface area contributed by atoms with Crippen LogP contribution in [0.15, 0.2) is 42.7 Å². The lowest BCUT2D eigenvalue weighted by atomic mass is 10.1. The lowest BCUT2D eigenvalue weighted by Gasteiger charge is -2.12. The van der Waals surface area contributed by atoms with E-state index in [1.54, 1.807) is 6.07 Å². The number of nitrogens with two attached hydrogens (primary N) is 1. The van der Waals surface area contributed by atoms with Crippen LogP contribution in [0.1, 0.15) is 11.1 Å². The van der Waals surface area contributed by atoms with Gasteiger partial charge in [-0.1, -0.05) is 12.0 Å². The van der Waals surface area contributed by atoms with Crippen molar-refractivity contribution in [2.24, 2.45) is 5.73 Å². The number of aromatic nitrogens is 2. The Kier molecular flexibility index (Phi) is 4.48. The number of benzene rings is 2. The number of ether oxygens (including phenoxy) is 1. The second kappa shape index (κ2) is 6.89. The molecule has 0 spiro atoms.